The van der Waals surface area contributed by atoms with Crippen LogP contribution in [0.15, 0.2) is 78.9 Å². The number of imide groups is 1. The van der Waals surface area contributed by atoms with Gasteiger partial charge in [0.2, 0.25) is 5.91 Å². The van der Waals surface area contributed by atoms with Gasteiger partial charge in [0.15, 0.2) is 0 Å². The molecule has 3 amide bonds. The van der Waals surface area contributed by atoms with E-state index in [1.54, 1.807) is 19.1 Å². The van der Waals surface area contributed by atoms with E-state index in [4.69, 9.17) is 18.9 Å². The number of piperidine rings is 1. The van der Waals surface area contributed by atoms with Crippen molar-refractivity contribution in [2.75, 3.05) is 20.8 Å². The predicted molar refractivity (Wildman–Crippen MR) is 156 cm³/mol. The first-order valence-corrected chi connectivity index (χ1v) is 14.8. The smallest absolute Gasteiger partial charge is 0.326 e. The van der Waals surface area contributed by atoms with Gasteiger partial charge in [-0.15, -0.1) is 0 Å². The number of hydrogen-bond acceptors (Lipinski definition) is 7. The maximum Gasteiger partial charge on any atom is 0.326 e. The van der Waals surface area contributed by atoms with Gasteiger partial charge >= 0.3 is 6.03 Å². The van der Waals surface area contributed by atoms with Crippen LogP contribution < -0.4 is 14.8 Å². The highest BCUT2D eigenvalue weighted by Gasteiger charge is 2.70. The van der Waals surface area contributed by atoms with Crippen LogP contribution in [0.1, 0.15) is 36.5 Å². The average Bonchev–Trinajstić information content (AvgIpc) is 3.48. The van der Waals surface area contributed by atoms with Crippen molar-refractivity contribution in [3.63, 3.8) is 0 Å². The number of carbonyl (C=O) groups excluding carboxylic acids is 2. The Morgan fingerprint density at radius 1 is 0.930 bits per heavy atom. The van der Waals surface area contributed by atoms with Crippen LogP contribution in [0.3, 0.4) is 0 Å². The molecule has 1 saturated carbocycles. The van der Waals surface area contributed by atoms with Gasteiger partial charge in [0, 0.05) is 12.0 Å². The van der Waals surface area contributed by atoms with Gasteiger partial charge in [0.05, 0.1) is 32.8 Å². The Bertz CT molecular complexity index is 1460. The number of fused-ring (bicyclic) bond motifs is 3. The molecule has 0 unspecified atom stereocenters. The molecule has 3 aromatic carbocycles. The lowest BCUT2D eigenvalue weighted by Gasteiger charge is -2.52. The van der Waals surface area contributed by atoms with E-state index in [2.05, 4.69) is 5.32 Å². The van der Waals surface area contributed by atoms with Gasteiger partial charge < -0.3 is 24.1 Å². The molecule has 0 spiro atoms. The summed E-state index contributed by atoms with van der Waals surface area (Å²) in [5, 5.41) is 14.2. The van der Waals surface area contributed by atoms with Crippen molar-refractivity contribution in [2.24, 2.45) is 17.8 Å². The van der Waals surface area contributed by atoms with E-state index in [1.165, 1.54) is 0 Å². The fourth-order valence-electron chi connectivity index (χ4n) is 7.88. The molecule has 3 saturated heterocycles. The number of ether oxygens (including phenoxy) is 4. The van der Waals surface area contributed by atoms with Crippen LogP contribution in [-0.4, -0.2) is 66.7 Å². The number of aliphatic hydroxyl groups excluding tert-OH is 1. The third-order valence-corrected chi connectivity index (χ3v) is 10.1. The lowest BCUT2D eigenvalue weighted by atomic mass is 9.77. The van der Waals surface area contributed by atoms with Gasteiger partial charge in [-0.05, 0) is 59.7 Å². The first-order chi connectivity index (χ1) is 20.8. The van der Waals surface area contributed by atoms with Crippen molar-refractivity contribution >= 4 is 11.9 Å². The molecule has 2 bridgehead atoms. The normalized spacial score (nSPS) is 31.0. The van der Waals surface area contributed by atoms with Crippen LogP contribution in [-0.2, 0) is 19.9 Å². The standard InChI is InChI=1S/C34H36N2O7/c1-20-27-17-21-18-33(29(37)28(21)31(43-33)36(27)32(39)35-30(20)38)19-42-34(22-7-5-4-6-8-22,23-9-13-25(40-2)14-10-23)24-11-15-26(41-3)16-12-24/h4-16,20-21,27-29,31,37H,17-19H2,1-3H3,(H,35,38,39)/t20-,21-,27-,28-,29+,31+,33-/m0/s1. The predicted octanol–water partition coefficient (Wildman–Crippen LogP) is 4.06. The highest BCUT2D eigenvalue weighted by molar-refractivity contribution is 5.98. The Hall–Kier alpha value is -3.92. The molecule has 1 aliphatic carbocycles. The van der Waals surface area contributed by atoms with Crippen molar-refractivity contribution < 1.29 is 33.6 Å². The lowest BCUT2D eigenvalue weighted by Crippen LogP contribution is -2.68. The number of benzene rings is 3. The molecule has 3 heterocycles. The summed E-state index contributed by atoms with van der Waals surface area (Å²) in [6.45, 7) is 1.93. The van der Waals surface area contributed by atoms with Crippen molar-refractivity contribution in [3.8, 4) is 11.5 Å². The van der Waals surface area contributed by atoms with Crippen molar-refractivity contribution in [3.05, 3.63) is 95.6 Å². The summed E-state index contributed by atoms with van der Waals surface area (Å²) in [5.74, 6) is 0.696. The first-order valence-electron chi connectivity index (χ1n) is 14.8. The molecule has 3 aliphatic heterocycles. The molecule has 2 N–H and O–H groups in total. The fraction of sp³-hybridized carbons (Fsp3) is 0.412. The van der Waals surface area contributed by atoms with Gasteiger partial charge in [0.1, 0.15) is 28.9 Å². The highest BCUT2D eigenvalue weighted by atomic mass is 16.6. The third kappa shape index (κ3) is 4.17. The zero-order chi connectivity index (χ0) is 29.9. The molecule has 0 radical (unpaired) electrons. The summed E-state index contributed by atoms with van der Waals surface area (Å²) in [6.07, 6.45) is -0.230. The molecule has 9 heteroatoms. The molecular weight excluding hydrogens is 548 g/mol. The Labute approximate surface area is 250 Å². The van der Waals surface area contributed by atoms with E-state index < -0.39 is 29.6 Å². The quantitative estimate of drug-likeness (QED) is 0.385. The maximum atomic E-state index is 13.0. The van der Waals surface area contributed by atoms with Crippen molar-refractivity contribution in [1.82, 2.24) is 10.2 Å². The minimum atomic E-state index is -1.07. The van der Waals surface area contributed by atoms with Crippen molar-refractivity contribution in [2.45, 2.75) is 49.3 Å². The number of hydrogen-bond donors (Lipinski definition) is 2. The number of carbonyl (C=O) groups is 2. The van der Waals surface area contributed by atoms with Gasteiger partial charge in [-0.2, -0.15) is 0 Å². The van der Waals surface area contributed by atoms with E-state index in [0.29, 0.717) is 12.8 Å². The molecule has 4 fully saturated rings. The largest absolute Gasteiger partial charge is 0.497 e. The SMILES string of the molecule is COc1ccc(C(OC[C@]23C[C@@H]4C[C@H]5[C@H](C)C(=O)NC(=O)N5[C@H](O2)[C@@H]4[C@H]3O)(c2ccccc2)c2ccc(OC)cc2)cc1. The highest BCUT2D eigenvalue weighted by Crippen LogP contribution is 2.59. The fourth-order valence-corrected chi connectivity index (χ4v) is 7.88. The maximum absolute atomic E-state index is 13.0. The Morgan fingerprint density at radius 3 is 2.09 bits per heavy atom. The van der Waals surface area contributed by atoms with Crippen LogP contribution in [0.4, 0.5) is 4.79 Å². The number of aliphatic hydroxyl groups is 1. The molecule has 9 nitrogen and oxygen atoms in total. The minimum absolute atomic E-state index is 0.0826. The zero-order valence-corrected chi connectivity index (χ0v) is 24.4. The molecular formula is C34H36N2O7. The van der Waals surface area contributed by atoms with E-state index in [-0.39, 0.29) is 36.3 Å². The average molecular weight is 585 g/mol. The second-order valence-corrected chi connectivity index (χ2v) is 12.1. The molecule has 224 valence electrons. The molecule has 7 atom stereocenters. The van der Waals surface area contributed by atoms with Gasteiger partial charge in [-0.25, -0.2) is 4.79 Å². The molecule has 4 aliphatic rings. The second kappa shape index (κ2) is 10.4. The monoisotopic (exact) mass is 584 g/mol. The Morgan fingerprint density at radius 2 is 1.51 bits per heavy atom. The molecule has 0 aromatic heterocycles. The first kappa shape index (κ1) is 27.9. The minimum Gasteiger partial charge on any atom is -0.497 e. The number of rotatable bonds is 8. The van der Waals surface area contributed by atoms with Crippen LogP contribution >= 0.6 is 0 Å². The van der Waals surface area contributed by atoms with Crippen LogP contribution in [0.2, 0.25) is 0 Å². The van der Waals surface area contributed by atoms with Crippen LogP contribution in [0.25, 0.3) is 0 Å². The number of nitrogens with one attached hydrogen (secondary N) is 1. The zero-order valence-electron chi connectivity index (χ0n) is 24.4. The summed E-state index contributed by atoms with van der Waals surface area (Å²) in [6, 6.07) is 24.9. The summed E-state index contributed by atoms with van der Waals surface area (Å²) in [4.78, 5) is 27.1. The number of nitrogens with zero attached hydrogens (tertiary/aromatic N) is 1. The third-order valence-electron chi connectivity index (χ3n) is 10.1. The summed E-state index contributed by atoms with van der Waals surface area (Å²) < 4.78 is 24.7. The van der Waals surface area contributed by atoms with E-state index in [9.17, 15) is 14.7 Å². The van der Waals surface area contributed by atoms with E-state index in [0.717, 1.165) is 28.2 Å². The van der Waals surface area contributed by atoms with E-state index in [1.807, 2.05) is 85.8 Å². The van der Waals surface area contributed by atoms with Crippen LogP contribution in [0, 0.1) is 17.8 Å². The summed E-state index contributed by atoms with van der Waals surface area (Å²) >= 11 is 0. The van der Waals surface area contributed by atoms with Gasteiger partial charge in [-0.1, -0.05) is 61.5 Å². The lowest BCUT2D eigenvalue weighted by molar-refractivity contribution is -0.209. The topological polar surface area (TPSA) is 107 Å². The molecule has 7 rings (SSSR count). The number of methoxy groups -OCH3 is 2. The molecule has 3 aromatic rings. The molecule has 43 heavy (non-hydrogen) atoms. The second-order valence-electron chi connectivity index (χ2n) is 12.1. The van der Waals surface area contributed by atoms with Crippen LogP contribution in [0.5, 0.6) is 11.5 Å². The Kier molecular flexibility index (Phi) is 6.72. The van der Waals surface area contributed by atoms with E-state index >= 15 is 0 Å². The van der Waals surface area contributed by atoms with Crippen molar-refractivity contribution in [1.29, 1.82) is 0 Å². The van der Waals surface area contributed by atoms with Gasteiger partial charge in [0.25, 0.3) is 0 Å². The number of amides is 3. The Balaban J connectivity index is 1.29. The summed E-state index contributed by atoms with van der Waals surface area (Å²) in [7, 11) is 3.27. The summed E-state index contributed by atoms with van der Waals surface area (Å²) in [5.41, 5.74) is 0.581. The number of urea groups is 1. The van der Waals surface area contributed by atoms with Gasteiger partial charge in [-0.3, -0.25) is 15.0 Å².